The van der Waals surface area contributed by atoms with Crippen molar-refractivity contribution in [3.05, 3.63) is 167 Å². The lowest BCUT2D eigenvalue weighted by molar-refractivity contribution is -0.252. The molecule has 0 bridgehead atoms. The average Bonchev–Trinajstić information content (AvgIpc) is 3.23. The Balaban J connectivity index is 1.66. The van der Waals surface area contributed by atoms with Crippen LogP contribution < -0.4 is 0 Å². The molecule has 4 aromatic carbocycles. The molecule has 7 rings (SSSR count). The molecule has 2 heterocycles. The third-order valence-electron chi connectivity index (χ3n) is 11.6. The van der Waals surface area contributed by atoms with E-state index in [1.165, 1.54) is 0 Å². The molecule has 0 amide bonds. The lowest BCUT2D eigenvalue weighted by Gasteiger charge is -2.75. The highest BCUT2D eigenvalue weighted by atomic mass is 16.5. The van der Waals surface area contributed by atoms with Crippen LogP contribution in [0.2, 0.25) is 0 Å². The second kappa shape index (κ2) is 17.1. The second-order valence-electron chi connectivity index (χ2n) is 14.7. The van der Waals surface area contributed by atoms with E-state index in [-0.39, 0.29) is 50.7 Å². The van der Waals surface area contributed by atoms with E-state index >= 15 is 9.59 Å². The number of rotatable bonds is 14. The van der Waals surface area contributed by atoms with Crippen LogP contribution >= 0.6 is 0 Å². The summed E-state index contributed by atoms with van der Waals surface area (Å²) in [6.45, 7) is 7.66. The Morgan fingerprint density at radius 1 is 0.466 bits per heavy atom. The van der Waals surface area contributed by atoms with Crippen LogP contribution in [-0.4, -0.2) is 72.2 Å². The quantitative estimate of drug-likeness (QED) is 0.0953. The summed E-state index contributed by atoms with van der Waals surface area (Å²) < 4.78 is 24.0. The smallest absolute Gasteiger partial charge is 0.336 e. The van der Waals surface area contributed by atoms with Crippen molar-refractivity contribution >= 4 is 23.9 Å². The lowest BCUT2D eigenvalue weighted by atomic mass is 9.33. The lowest BCUT2D eigenvalue weighted by Crippen LogP contribution is -2.88. The number of benzene rings is 4. The standard InChI is InChI=1S/C48H50N2O8/c1-5-55-41(51)37-31-49(29-33-21-13-9-14-22-33)43-47(45(53)57-7-3,39(37)35-25-17-11-18-26-35)44-48(43,46(54)58-8-4)40(36-27-19-12-20-28-36)38(42(52)56-6-2)32-50(44)30-34-23-15-10-16-24-34/h9-28,31-32,39-40,43-44H,5-8,29-30H2,1-4H3/t39-,40-,43?,44?,47?,48?/m0/s1. The highest BCUT2D eigenvalue weighted by Crippen LogP contribution is 2.75. The van der Waals surface area contributed by atoms with Crippen molar-refractivity contribution in [3.8, 4) is 0 Å². The van der Waals surface area contributed by atoms with E-state index in [1.807, 2.05) is 131 Å². The van der Waals surface area contributed by atoms with Crippen LogP contribution in [0.4, 0.5) is 0 Å². The Morgan fingerprint density at radius 3 is 1.09 bits per heavy atom. The highest BCUT2D eigenvalue weighted by Gasteiger charge is 2.87. The third kappa shape index (κ3) is 6.64. The van der Waals surface area contributed by atoms with Crippen molar-refractivity contribution in [2.45, 2.75) is 64.7 Å². The number of hydrogen-bond acceptors (Lipinski definition) is 10. The topological polar surface area (TPSA) is 112 Å². The molecule has 10 nitrogen and oxygen atoms in total. The van der Waals surface area contributed by atoms with Crippen LogP contribution in [0.3, 0.4) is 0 Å². The average molecular weight is 783 g/mol. The first kappa shape index (κ1) is 40.1. The maximum atomic E-state index is 15.7. The number of fused-ring (bicyclic) bond motifs is 4. The van der Waals surface area contributed by atoms with Crippen LogP contribution in [0.1, 0.15) is 61.8 Å². The fourth-order valence-corrected chi connectivity index (χ4v) is 9.92. The van der Waals surface area contributed by atoms with E-state index in [0.717, 1.165) is 11.1 Å². The normalized spacial score (nSPS) is 24.5. The van der Waals surface area contributed by atoms with Gasteiger partial charge in [0.1, 0.15) is 10.8 Å². The molecule has 0 radical (unpaired) electrons. The summed E-state index contributed by atoms with van der Waals surface area (Å²) >= 11 is 0. The van der Waals surface area contributed by atoms with Crippen molar-refractivity contribution in [2.24, 2.45) is 10.8 Å². The molecule has 0 atom stereocenters. The summed E-state index contributed by atoms with van der Waals surface area (Å²) in [6, 6.07) is 36.1. The van der Waals surface area contributed by atoms with E-state index in [4.69, 9.17) is 18.9 Å². The van der Waals surface area contributed by atoms with Gasteiger partial charge in [0.25, 0.3) is 0 Å². The van der Waals surface area contributed by atoms with Gasteiger partial charge in [0.15, 0.2) is 0 Å². The minimum absolute atomic E-state index is 0.0375. The Morgan fingerprint density at radius 2 is 0.776 bits per heavy atom. The first-order chi connectivity index (χ1) is 28.3. The van der Waals surface area contributed by atoms with Gasteiger partial charge in [-0.3, -0.25) is 9.59 Å². The molecule has 0 aromatic heterocycles. The number of nitrogens with zero attached hydrogens (tertiary/aromatic N) is 2. The third-order valence-corrected chi connectivity index (χ3v) is 11.6. The molecule has 0 N–H and O–H groups in total. The molecular weight excluding hydrogens is 733 g/mol. The fourth-order valence-electron chi connectivity index (χ4n) is 9.92. The number of carbonyl (C=O) groups is 4. The largest absolute Gasteiger partial charge is 0.465 e. The van der Waals surface area contributed by atoms with Gasteiger partial charge < -0.3 is 28.7 Å². The summed E-state index contributed by atoms with van der Waals surface area (Å²) in [5, 5.41) is 0. The number of ether oxygens (including phenoxy) is 4. The Labute approximate surface area is 340 Å². The molecular formula is C48H50N2O8. The van der Waals surface area contributed by atoms with Gasteiger partial charge in [-0.2, -0.15) is 0 Å². The Hall–Kier alpha value is -6.16. The first-order valence-electron chi connectivity index (χ1n) is 20.1. The van der Waals surface area contributed by atoms with E-state index in [2.05, 4.69) is 0 Å². The molecule has 0 spiro atoms. The fraction of sp³-hybridized carbons (Fsp3) is 0.333. The SMILES string of the molecule is CCOC(=O)C1=CN(Cc2ccccc2)C2C(C(=O)OCC)(C3N(Cc4ccccc4)C=C(C(=O)OCC)[C@H](c4ccccc4)C23C(=O)OCC)[C@H]1c1ccccc1. The van der Waals surface area contributed by atoms with Gasteiger partial charge in [-0.1, -0.05) is 121 Å². The van der Waals surface area contributed by atoms with E-state index in [1.54, 1.807) is 40.1 Å². The Kier molecular flexibility index (Phi) is 11.8. The molecule has 3 aliphatic rings. The maximum absolute atomic E-state index is 15.7. The predicted octanol–water partition coefficient (Wildman–Crippen LogP) is 7.33. The van der Waals surface area contributed by atoms with Crippen molar-refractivity contribution < 1.29 is 38.1 Å². The molecule has 0 unspecified atom stereocenters. The summed E-state index contributed by atoms with van der Waals surface area (Å²) in [5.41, 5.74) is 0.274. The molecule has 1 aliphatic carbocycles. The highest BCUT2D eigenvalue weighted by molar-refractivity contribution is 6.01. The number of esters is 4. The first-order valence-corrected chi connectivity index (χ1v) is 20.1. The van der Waals surface area contributed by atoms with Crippen LogP contribution in [0, 0.1) is 10.8 Å². The van der Waals surface area contributed by atoms with E-state index < -0.39 is 58.6 Å². The van der Waals surface area contributed by atoms with Gasteiger partial charge in [-0.15, -0.1) is 0 Å². The van der Waals surface area contributed by atoms with Crippen LogP contribution in [0.15, 0.2) is 145 Å². The van der Waals surface area contributed by atoms with Crippen LogP contribution in [0.5, 0.6) is 0 Å². The van der Waals surface area contributed by atoms with Crippen molar-refractivity contribution in [2.75, 3.05) is 26.4 Å². The minimum Gasteiger partial charge on any atom is -0.465 e. The molecule has 300 valence electrons. The number of carbonyl (C=O) groups excluding carboxylic acids is 4. The number of hydrogen-bond donors (Lipinski definition) is 0. The van der Waals surface area contributed by atoms with E-state index in [0.29, 0.717) is 11.1 Å². The van der Waals surface area contributed by atoms with Gasteiger partial charge in [-0.25, -0.2) is 9.59 Å². The van der Waals surface area contributed by atoms with Gasteiger partial charge >= 0.3 is 23.9 Å². The van der Waals surface area contributed by atoms with E-state index in [9.17, 15) is 9.59 Å². The van der Waals surface area contributed by atoms with Crippen LogP contribution in [0.25, 0.3) is 0 Å². The van der Waals surface area contributed by atoms with Gasteiger partial charge in [0, 0.05) is 37.3 Å². The van der Waals surface area contributed by atoms with Gasteiger partial charge in [0.2, 0.25) is 0 Å². The zero-order valence-electron chi connectivity index (χ0n) is 33.4. The van der Waals surface area contributed by atoms with Crippen molar-refractivity contribution in [1.82, 2.24) is 9.80 Å². The summed E-state index contributed by atoms with van der Waals surface area (Å²) in [6.07, 6.45) is 3.52. The second-order valence-corrected chi connectivity index (χ2v) is 14.7. The summed E-state index contributed by atoms with van der Waals surface area (Å²) in [7, 11) is 0. The molecule has 58 heavy (non-hydrogen) atoms. The zero-order valence-corrected chi connectivity index (χ0v) is 33.4. The molecule has 0 saturated heterocycles. The van der Waals surface area contributed by atoms with Crippen molar-refractivity contribution in [1.29, 1.82) is 0 Å². The molecule has 2 aliphatic heterocycles. The van der Waals surface area contributed by atoms with Crippen LogP contribution in [-0.2, 0) is 51.2 Å². The van der Waals surface area contributed by atoms with Gasteiger partial charge in [0.05, 0.1) is 49.7 Å². The monoisotopic (exact) mass is 782 g/mol. The summed E-state index contributed by atoms with van der Waals surface area (Å²) in [5.74, 6) is -4.24. The van der Waals surface area contributed by atoms with Gasteiger partial charge in [-0.05, 0) is 49.9 Å². The molecule has 4 aromatic rings. The minimum atomic E-state index is -1.66. The van der Waals surface area contributed by atoms with Crippen molar-refractivity contribution in [3.63, 3.8) is 0 Å². The maximum Gasteiger partial charge on any atom is 0.336 e. The molecule has 1 saturated carbocycles. The predicted molar refractivity (Wildman–Crippen MR) is 217 cm³/mol. The molecule has 10 heteroatoms. The zero-order chi connectivity index (χ0) is 40.9. The molecule has 1 fully saturated rings. The Bertz CT molecular complexity index is 1990. The summed E-state index contributed by atoms with van der Waals surface area (Å²) in [4.78, 5) is 64.2.